The molecule has 2 aromatic rings. The van der Waals surface area contributed by atoms with Crippen LogP contribution < -0.4 is 4.74 Å². The molecule has 10 heteroatoms. The highest BCUT2D eigenvalue weighted by atomic mass is 127. The van der Waals surface area contributed by atoms with Gasteiger partial charge in [0.1, 0.15) is 5.56 Å². The minimum atomic E-state index is -2.12. The number of aromatic carboxylic acids is 1. The minimum Gasteiger partial charge on any atom is -0.477 e. The summed E-state index contributed by atoms with van der Waals surface area (Å²) in [5, 5.41) is 8.64. The molecule has 0 radical (unpaired) electrons. The second kappa shape index (κ2) is 7.25. The molecule has 23 heavy (non-hydrogen) atoms. The van der Waals surface area contributed by atoms with Crippen LogP contribution in [0.3, 0.4) is 0 Å². The van der Waals surface area contributed by atoms with Crippen LogP contribution in [0, 0.1) is 34.0 Å². The van der Waals surface area contributed by atoms with Crippen LogP contribution in [0.1, 0.15) is 10.4 Å². The van der Waals surface area contributed by atoms with Gasteiger partial charge in [0.25, 0.3) is 0 Å². The number of carbonyl (C=O) groups is 1. The lowest BCUT2D eigenvalue weighted by atomic mass is 10.1. The smallest absolute Gasteiger partial charge is 0.341 e. The number of benzene rings is 2. The number of rotatable bonds is 3. The van der Waals surface area contributed by atoms with E-state index in [1.54, 1.807) is 12.1 Å². The molecule has 0 unspecified atom stereocenters. The number of hydrogen-bond acceptors (Lipinski definition) is 2. The molecular formula is C13H3F4I3O3. The molecule has 2 aromatic carbocycles. The predicted octanol–water partition coefficient (Wildman–Crippen LogP) is 5.55. The third kappa shape index (κ3) is 3.67. The van der Waals surface area contributed by atoms with Gasteiger partial charge in [0, 0.05) is 3.57 Å². The Kier molecular flexibility index (Phi) is 5.97. The Balaban J connectivity index is 2.65. The average molecular weight is 664 g/mol. The van der Waals surface area contributed by atoms with Gasteiger partial charge in [-0.05, 0) is 79.9 Å². The van der Waals surface area contributed by atoms with E-state index < -0.39 is 40.6 Å². The van der Waals surface area contributed by atoms with E-state index in [0.717, 1.165) is 3.57 Å². The Bertz CT molecular complexity index is 775. The molecule has 0 saturated carbocycles. The summed E-state index contributed by atoms with van der Waals surface area (Å²) in [7, 11) is 0. The normalized spacial score (nSPS) is 10.7. The fourth-order valence-electron chi connectivity index (χ4n) is 1.62. The molecule has 3 nitrogen and oxygen atoms in total. The third-order valence-corrected chi connectivity index (χ3v) is 4.83. The van der Waals surface area contributed by atoms with Crippen LogP contribution in [-0.2, 0) is 0 Å². The van der Waals surface area contributed by atoms with Crippen molar-refractivity contribution < 1.29 is 32.2 Å². The van der Waals surface area contributed by atoms with Crippen LogP contribution in [0.15, 0.2) is 12.1 Å². The van der Waals surface area contributed by atoms with Crippen molar-refractivity contribution in [3.05, 3.63) is 51.7 Å². The van der Waals surface area contributed by atoms with Gasteiger partial charge in [0.2, 0.25) is 17.4 Å². The topological polar surface area (TPSA) is 46.5 Å². The third-order valence-electron chi connectivity index (χ3n) is 2.60. The van der Waals surface area contributed by atoms with E-state index in [4.69, 9.17) is 9.84 Å². The van der Waals surface area contributed by atoms with Crippen molar-refractivity contribution in [3.63, 3.8) is 0 Å². The Morgan fingerprint density at radius 3 is 1.70 bits per heavy atom. The molecule has 0 bridgehead atoms. The van der Waals surface area contributed by atoms with Gasteiger partial charge in [-0.1, -0.05) is 0 Å². The predicted molar refractivity (Wildman–Crippen MR) is 97.9 cm³/mol. The van der Waals surface area contributed by atoms with Gasteiger partial charge in [-0.15, -0.1) is 0 Å². The quantitative estimate of drug-likeness (QED) is 0.267. The van der Waals surface area contributed by atoms with E-state index in [-0.39, 0.29) is 5.75 Å². The van der Waals surface area contributed by atoms with Crippen molar-refractivity contribution in [2.75, 3.05) is 0 Å². The Morgan fingerprint density at radius 1 is 0.870 bits per heavy atom. The lowest BCUT2D eigenvalue weighted by molar-refractivity contribution is 0.0683. The average Bonchev–Trinajstić information content (AvgIpc) is 2.43. The highest BCUT2D eigenvalue weighted by Crippen LogP contribution is 2.37. The molecule has 0 aliphatic carbocycles. The van der Waals surface area contributed by atoms with E-state index in [1.807, 2.05) is 67.8 Å². The zero-order valence-electron chi connectivity index (χ0n) is 10.6. The van der Waals surface area contributed by atoms with Gasteiger partial charge in [-0.2, -0.15) is 8.78 Å². The zero-order chi connectivity index (χ0) is 17.5. The van der Waals surface area contributed by atoms with Crippen molar-refractivity contribution in [3.8, 4) is 11.5 Å². The summed E-state index contributed by atoms with van der Waals surface area (Å²) in [6.45, 7) is 0. The Hall–Kier alpha value is -0.380. The molecule has 0 heterocycles. The SMILES string of the molecule is O=C(O)c1c(F)c(F)c(Oc2c(I)cc(I)cc2I)c(F)c1F. The molecule has 0 aliphatic heterocycles. The number of carboxylic acid groups (broad SMARTS) is 1. The summed E-state index contributed by atoms with van der Waals surface area (Å²) < 4.78 is 61.9. The summed E-state index contributed by atoms with van der Waals surface area (Å²) in [6.07, 6.45) is 0. The van der Waals surface area contributed by atoms with E-state index in [9.17, 15) is 22.4 Å². The van der Waals surface area contributed by atoms with Crippen LogP contribution in [-0.4, -0.2) is 11.1 Å². The first-order chi connectivity index (χ1) is 10.6. The van der Waals surface area contributed by atoms with Crippen LogP contribution in [0.2, 0.25) is 0 Å². The lowest BCUT2D eigenvalue weighted by Crippen LogP contribution is -2.11. The van der Waals surface area contributed by atoms with Crippen molar-refractivity contribution in [1.29, 1.82) is 0 Å². The van der Waals surface area contributed by atoms with Gasteiger partial charge < -0.3 is 9.84 Å². The maximum Gasteiger partial charge on any atom is 0.341 e. The van der Waals surface area contributed by atoms with Gasteiger partial charge in [0.15, 0.2) is 17.4 Å². The summed E-state index contributed by atoms with van der Waals surface area (Å²) in [5.74, 6) is -11.3. The molecule has 1 N–H and O–H groups in total. The van der Waals surface area contributed by atoms with E-state index in [0.29, 0.717) is 7.14 Å². The van der Waals surface area contributed by atoms with Crippen LogP contribution in [0.25, 0.3) is 0 Å². The molecule has 0 aliphatic rings. The van der Waals surface area contributed by atoms with Crippen molar-refractivity contribution in [2.24, 2.45) is 0 Å². The van der Waals surface area contributed by atoms with E-state index >= 15 is 0 Å². The highest BCUT2D eigenvalue weighted by Gasteiger charge is 2.31. The molecule has 0 spiro atoms. The Morgan fingerprint density at radius 2 is 1.30 bits per heavy atom. The Labute approximate surface area is 167 Å². The summed E-state index contributed by atoms with van der Waals surface area (Å²) in [4.78, 5) is 10.7. The van der Waals surface area contributed by atoms with E-state index in [1.165, 1.54) is 0 Å². The first-order valence-corrected chi connectivity index (χ1v) is 8.80. The number of hydrogen-bond donors (Lipinski definition) is 1. The first-order valence-electron chi connectivity index (χ1n) is 5.56. The van der Waals surface area contributed by atoms with Crippen LogP contribution >= 0.6 is 67.8 Å². The number of ether oxygens (including phenoxy) is 1. The van der Waals surface area contributed by atoms with Gasteiger partial charge >= 0.3 is 5.97 Å². The molecule has 0 atom stereocenters. The van der Waals surface area contributed by atoms with Gasteiger partial charge in [-0.3, -0.25) is 0 Å². The van der Waals surface area contributed by atoms with Crippen molar-refractivity contribution >= 4 is 73.7 Å². The van der Waals surface area contributed by atoms with Gasteiger partial charge in [0.05, 0.1) is 7.14 Å². The second-order valence-electron chi connectivity index (χ2n) is 4.07. The maximum atomic E-state index is 13.9. The number of halogens is 7. The highest BCUT2D eigenvalue weighted by molar-refractivity contribution is 14.1. The minimum absolute atomic E-state index is 0.00582. The van der Waals surface area contributed by atoms with Crippen molar-refractivity contribution in [2.45, 2.75) is 0 Å². The van der Waals surface area contributed by atoms with Crippen molar-refractivity contribution in [1.82, 2.24) is 0 Å². The molecule has 0 saturated heterocycles. The first kappa shape index (κ1) is 19.0. The molecular weight excluding hydrogens is 661 g/mol. The molecule has 0 aromatic heterocycles. The standard InChI is InChI=1S/C13H3F4I3O3/c14-7-6(13(21)22)8(15)10(17)12(9(7)16)23-11-4(19)1-3(18)2-5(11)20/h1-2H,(H,21,22). The zero-order valence-corrected chi connectivity index (χ0v) is 17.0. The molecule has 0 fully saturated rings. The molecule has 0 amide bonds. The largest absolute Gasteiger partial charge is 0.477 e. The fraction of sp³-hybridized carbons (Fsp3) is 0. The van der Waals surface area contributed by atoms with Crippen LogP contribution in [0.4, 0.5) is 17.6 Å². The summed E-state index contributed by atoms with van der Waals surface area (Å²) in [5.41, 5.74) is -1.71. The lowest BCUT2D eigenvalue weighted by Gasteiger charge is -2.13. The van der Waals surface area contributed by atoms with Gasteiger partial charge in [-0.25, -0.2) is 13.6 Å². The second-order valence-corrected chi connectivity index (χ2v) is 7.64. The maximum absolute atomic E-state index is 13.9. The fourth-order valence-corrected chi connectivity index (χ4v) is 5.42. The monoisotopic (exact) mass is 664 g/mol. The summed E-state index contributed by atoms with van der Waals surface area (Å²) in [6, 6.07) is 3.26. The molecule has 2 rings (SSSR count). The molecule has 122 valence electrons. The van der Waals surface area contributed by atoms with E-state index in [2.05, 4.69) is 0 Å². The summed E-state index contributed by atoms with van der Waals surface area (Å²) >= 11 is 5.69. The number of carboxylic acids is 1. The van der Waals surface area contributed by atoms with Crippen LogP contribution in [0.5, 0.6) is 11.5 Å².